The van der Waals surface area contributed by atoms with Gasteiger partial charge in [0.1, 0.15) is 5.82 Å². The predicted molar refractivity (Wildman–Crippen MR) is 79.7 cm³/mol. The molecule has 0 atom stereocenters. The number of nitrogens with one attached hydrogen (secondary N) is 1. The van der Waals surface area contributed by atoms with Crippen LogP contribution < -0.4 is 4.72 Å². The van der Waals surface area contributed by atoms with Crippen molar-refractivity contribution in [1.82, 2.24) is 4.72 Å². The predicted octanol–water partition coefficient (Wildman–Crippen LogP) is 2.49. The number of benzene rings is 2. The molecular weight excluding hydrogens is 309 g/mol. The summed E-state index contributed by atoms with van der Waals surface area (Å²) in [6.07, 6.45) is 0. The maximum absolute atomic E-state index is 13.4. The highest BCUT2D eigenvalue weighted by atomic mass is 32.2. The van der Waals surface area contributed by atoms with E-state index in [4.69, 9.17) is 5.11 Å². The molecule has 0 aliphatic carbocycles. The van der Waals surface area contributed by atoms with Gasteiger partial charge < -0.3 is 5.11 Å². The van der Waals surface area contributed by atoms with Crippen molar-refractivity contribution in [2.45, 2.75) is 11.8 Å². The molecule has 7 heteroatoms. The fraction of sp³-hybridized carbons (Fsp3) is 0.133. The summed E-state index contributed by atoms with van der Waals surface area (Å²) in [5.41, 5.74) is 0.658. The molecular formula is C15H14FNO4S. The number of hydrogen-bond acceptors (Lipinski definition) is 3. The van der Waals surface area contributed by atoms with E-state index >= 15 is 0 Å². The molecule has 0 spiro atoms. The summed E-state index contributed by atoms with van der Waals surface area (Å²) in [6, 6.07) is 9.64. The van der Waals surface area contributed by atoms with Crippen molar-refractivity contribution in [3.8, 4) is 11.1 Å². The van der Waals surface area contributed by atoms with Crippen LogP contribution in [-0.2, 0) is 10.0 Å². The highest BCUT2D eigenvalue weighted by Crippen LogP contribution is 2.23. The van der Waals surface area contributed by atoms with E-state index in [9.17, 15) is 17.6 Å². The molecule has 0 saturated carbocycles. The number of carboxylic acids is 1. The Morgan fingerprint density at radius 3 is 2.27 bits per heavy atom. The van der Waals surface area contributed by atoms with Crippen LogP contribution >= 0.6 is 0 Å². The molecule has 2 rings (SSSR count). The van der Waals surface area contributed by atoms with Gasteiger partial charge in [-0.2, -0.15) is 0 Å². The van der Waals surface area contributed by atoms with Gasteiger partial charge in [0, 0.05) is 6.54 Å². The van der Waals surface area contributed by atoms with E-state index in [-0.39, 0.29) is 11.4 Å². The SMILES string of the molecule is CCNS(=O)(=O)c1ccc(-c2ccc(F)c(C(=O)O)c2)cc1. The third-order valence-electron chi connectivity index (χ3n) is 3.03. The molecule has 0 aliphatic rings. The quantitative estimate of drug-likeness (QED) is 0.885. The van der Waals surface area contributed by atoms with Crippen LogP contribution in [0.2, 0.25) is 0 Å². The average Bonchev–Trinajstić information content (AvgIpc) is 2.47. The van der Waals surface area contributed by atoms with Gasteiger partial charge in [0.15, 0.2) is 0 Å². The van der Waals surface area contributed by atoms with Gasteiger partial charge in [0.05, 0.1) is 10.5 Å². The van der Waals surface area contributed by atoms with E-state index in [0.717, 1.165) is 6.07 Å². The summed E-state index contributed by atoms with van der Waals surface area (Å²) in [5, 5.41) is 8.92. The first-order valence-corrected chi connectivity index (χ1v) is 7.96. The van der Waals surface area contributed by atoms with Gasteiger partial charge >= 0.3 is 5.97 Å². The van der Waals surface area contributed by atoms with E-state index in [2.05, 4.69) is 4.72 Å². The number of rotatable bonds is 5. The van der Waals surface area contributed by atoms with Crippen molar-refractivity contribution in [2.24, 2.45) is 0 Å². The zero-order chi connectivity index (χ0) is 16.3. The van der Waals surface area contributed by atoms with Crippen LogP contribution in [0.1, 0.15) is 17.3 Å². The van der Waals surface area contributed by atoms with Crippen LogP contribution in [0.15, 0.2) is 47.4 Å². The number of sulfonamides is 1. The number of carbonyl (C=O) groups is 1. The lowest BCUT2D eigenvalue weighted by atomic mass is 10.0. The highest BCUT2D eigenvalue weighted by molar-refractivity contribution is 7.89. The minimum absolute atomic E-state index is 0.110. The molecule has 116 valence electrons. The summed E-state index contributed by atoms with van der Waals surface area (Å²) in [7, 11) is -3.54. The van der Waals surface area contributed by atoms with Crippen LogP contribution in [0, 0.1) is 5.82 Å². The third-order valence-corrected chi connectivity index (χ3v) is 4.59. The first kappa shape index (κ1) is 16.1. The van der Waals surface area contributed by atoms with E-state index in [1.165, 1.54) is 24.3 Å². The molecule has 0 unspecified atom stereocenters. The fourth-order valence-electron chi connectivity index (χ4n) is 1.97. The van der Waals surface area contributed by atoms with Crippen molar-refractivity contribution in [3.05, 3.63) is 53.8 Å². The van der Waals surface area contributed by atoms with Gasteiger partial charge in [0.25, 0.3) is 0 Å². The smallest absolute Gasteiger partial charge is 0.338 e. The lowest BCUT2D eigenvalue weighted by Gasteiger charge is -2.07. The minimum Gasteiger partial charge on any atom is -0.478 e. The van der Waals surface area contributed by atoms with Gasteiger partial charge in [-0.25, -0.2) is 22.3 Å². The van der Waals surface area contributed by atoms with E-state index < -0.39 is 27.4 Å². The molecule has 2 aromatic carbocycles. The Bertz CT molecular complexity index is 801. The lowest BCUT2D eigenvalue weighted by Crippen LogP contribution is -2.22. The Morgan fingerprint density at radius 1 is 1.14 bits per heavy atom. The number of halogens is 1. The van der Waals surface area contributed by atoms with E-state index in [1.54, 1.807) is 19.1 Å². The highest BCUT2D eigenvalue weighted by Gasteiger charge is 2.14. The second kappa shape index (κ2) is 6.25. The molecule has 2 aromatic rings. The maximum atomic E-state index is 13.4. The van der Waals surface area contributed by atoms with Gasteiger partial charge in [-0.3, -0.25) is 0 Å². The van der Waals surface area contributed by atoms with Gasteiger partial charge in [-0.1, -0.05) is 25.1 Å². The Labute approximate surface area is 127 Å². The Morgan fingerprint density at radius 2 is 1.73 bits per heavy atom. The summed E-state index contributed by atoms with van der Waals surface area (Å²) in [6.45, 7) is 1.96. The molecule has 0 aromatic heterocycles. The summed E-state index contributed by atoms with van der Waals surface area (Å²) in [4.78, 5) is 11.0. The van der Waals surface area contributed by atoms with Crippen molar-refractivity contribution in [2.75, 3.05) is 6.54 Å². The van der Waals surface area contributed by atoms with Crippen molar-refractivity contribution >= 4 is 16.0 Å². The molecule has 0 saturated heterocycles. The molecule has 0 amide bonds. The second-order valence-corrected chi connectivity index (χ2v) is 6.29. The Kier molecular flexibility index (Phi) is 4.58. The van der Waals surface area contributed by atoms with Crippen molar-refractivity contribution in [3.63, 3.8) is 0 Å². The van der Waals surface area contributed by atoms with Gasteiger partial charge in [-0.05, 0) is 35.4 Å². The maximum Gasteiger partial charge on any atom is 0.338 e. The second-order valence-electron chi connectivity index (χ2n) is 4.53. The van der Waals surface area contributed by atoms with E-state index in [1.807, 2.05) is 0 Å². The first-order chi connectivity index (χ1) is 10.3. The molecule has 5 nitrogen and oxygen atoms in total. The minimum atomic E-state index is -3.54. The van der Waals surface area contributed by atoms with Crippen LogP contribution in [0.3, 0.4) is 0 Å². The molecule has 0 bridgehead atoms. The van der Waals surface area contributed by atoms with Crippen molar-refractivity contribution in [1.29, 1.82) is 0 Å². The van der Waals surface area contributed by atoms with Gasteiger partial charge in [-0.15, -0.1) is 0 Å². The zero-order valence-corrected chi connectivity index (χ0v) is 12.5. The van der Waals surface area contributed by atoms with E-state index in [0.29, 0.717) is 11.1 Å². The monoisotopic (exact) mass is 323 g/mol. The molecule has 0 fully saturated rings. The number of aromatic carboxylic acids is 1. The molecule has 0 radical (unpaired) electrons. The molecule has 0 heterocycles. The van der Waals surface area contributed by atoms with Gasteiger partial charge in [0.2, 0.25) is 10.0 Å². The molecule has 22 heavy (non-hydrogen) atoms. The standard InChI is InChI=1S/C15H14FNO4S/c1-2-17-22(20,21)12-6-3-10(4-7-12)11-5-8-14(16)13(9-11)15(18)19/h3-9,17H,2H2,1H3,(H,18,19). The molecule has 0 aliphatic heterocycles. The van der Waals surface area contributed by atoms with Crippen LogP contribution in [0.5, 0.6) is 0 Å². The first-order valence-electron chi connectivity index (χ1n) is 6.48. The van der Waals surface area contributed by atoms with Crippen LogP contribution in [0.4, 0.5) is 4.39 Å². The third kappa shape index (κ3) is 3.32. The van der Waals surface area contributed by atoms with Crippen LogP contribution in [-0.4, -0.2) is 26.0 Å². The summed E-state index contributed by atoms with van der Waals surface area (Å²) < 4.78 is 39.4. The van der Waals surface area contributed by atoms with Crippen LogP contribution in [0.25, 0.3) is 11.1 Å². The number of hydrogen-bond donors (Lipinski definition) is 2. The average molecular weight is 323 g/mol. The largest absolute Gasteiger partial charge is 0.478 e. The fourth-order valence-corrected chi connectivity index (χ4v) is 3.01. The number of carboxylic acid groups (broad SMARTS) is 1. The normalized spacial score (nSPS) is 11.4. The Hall–Kier alpha value is -2.25. The zero-order valence-electron chi connectivity index (χ0n) is 11.7. The molecule has 2 N–H and O–H groups in total. The topological polar surface area (TPSA) is 83.5 Å². The Balaban J connectivity index is 2.40. The summed E-state index contributed by atoms with van der Waals surface area (Å²) in [5.74, 6) is -2.17. The lowest BCUT2D eigenvalue weighted by molar-refractivity contribution is 0.0692. The van der Waals surface area contributed by atoms with Crippen molar-refractivity contribution < 1.29 is 22.7 Å². The summed E-state index contributed by atoms with van der Waals surface area (Å²) >= 11 is 0.